The highest BCUT2D eigenvalue weighted by Gasteiger charge is 2.44. The van der Waals surface area contributed by atoms with Crippen LogP contribution in [-0.4, -0.2) is 14.0 Å². The van der Waals surface area contributed by atoms with Crippen LogP contribution in [0.3, 0.4) is 0 Å². The smallest absolute Gasteiger partial charge is 0.256 e. The summed E-state index contributed by atoms with van der Waals surface area (Å²) in [7, 11) is -3.63. The first kappa shape index (κ1) is 14.9. The van der Waals surface area contributed by atoms with Crippen molar-refractivity contribution in [2.75, 3.05) is 4.31 Å². The molecule has 0 fully saturated rings. The van der Waals surface area contributed by atoms with Crippen molar-refractivity contribution in [3.63, 3.8) is 0 Å². The number of sulfonamides is 1. The predicted octanol–water partition coefficient (Wildman–Crippen LogP) is 3.69. The fourth-order valence-electron chi connectivity index (χ4n) is 2.97. The van der Waals surface area contributed by atoms with E-state index >= 15 is 0 Å². The van der Waals surface area contributed by atoms with Gasteiger partial charge >= 0.3 is 0 Å². The third-order valence-electron chi connectivity index (χ3n) is 4.22. The normalized spacial score (nSPS) is 20.7. The van der Waals surface area contributed by atoms with Gasteiger partial charge in [-0.1, -0.05) is 42.0 Å². The van der Waals surface area contributed by atoms with Crippen molar-refractivity contribution in [2.24, 2.45) is 0 Å². The number of fused-ring (bicyclic) bond motifs is 1. The first-order valence-corrected chi connectivity index (χ1v) is 8.66. The molecule has 0 saturated carbocycles. The maximum atomic E-state index is 13.2. The number of anilines is 1. The van der Waals surface area contributed by atoms with Crippen LogP contribution in [0.1, 0.15) is 18.1 Å². The Kier molecular flexibility index (Phi) is 3.37. The van der Waals surface area contributed by atoms with Crippen LogP contribution in [0, 0.1) is 6.92 Å². The van der Waals surface area contributed by atoms with E-state index in [9.17, 15) is 8.42 Å². The zero-order valence-corrected chi connectivity index (χ0v) is 13.6. The van der Waals surface area contributed by atoms with Crippen LogP contribution in [0.25, 0.3) is 0 Å². The number of aryl methyl sites for hydroxylation is 1. The Hall–Kier alpha value is -2.07. The number of nitrogens with zero attached hydrogens (tertiary/aromatic N) is 1. The van der Waals surface area contributed by atoms with Gasteiger partial charge in [-0.15, -0.1) is 6.58 Å². The Morgan fingerprint density at radius 3 is 2.41 bits per heavy atom. The first-order chi connectivity index (χ1) is 10.4. The molecule has 0 aliphatic carbocycles. The van der Waals surface area contributed by atoms with Crippen LogP contribution in [0.5, 0.6) is 0 Å². The van der Waals surface area contributed by atoms with Crippen molar-refractivity contribution in [1.29, 1.82) is 0 Å². The molecule has 0 amide bonds. The van der Waals surface area contributed by atoms with Gasteiger partial charge in [0.25, 0.3) is 10.0 Å². The molecule has 1 aliphatic rings. The van der Waals surface area contributed by atoms with E-state index in [1.54, 1.807) is 18.2 Å². The molecule has 1 atom stereocenters. The van der Waals surface area contributed by atoms with Crippen molar-refractivity contribution in [3.05, 3.63) is 72.3 Å². The van der Waals surface area contributed by atoms with Gasteiger partial charge in [0.1, 0.15) is 0 Å². The van der Waals surface area contributed by atoms with Crippen LogP contribution in [0.4, 0.5) is 5.69 Å². The van der Waals surface area contributed by atoms with Crippen molar-refractivity contribution >= 4 is 15.7 Å². The maximum absolute atomic E-state index is 13.2. The highest BCUT2D eigenvalue weighted by molar-refractivity contribution is 7.93. The molecule has 1 aliphatic heterocycles. The molecule has 3 nitrogen and oxygen atoms in total. The van der Waals surface area contributed by atoms with Crippen molar-refractivity contribution in [3.8, 4) is 0 Å². The minimum Gasteiger partial charge on any atom is -0.256 e. The molecule has 0 N–H and O–H groups in total. The molecule has 0 aromatic heterocycles. The zero-order valence-electron chi connectivity index (χ0n) is 12.8. The van der Waals surface area contributed by atoms with Crippen molar-refractivity contribution < 1.29 is 8.42 Å². The number of hydrogen-bond donors (Lipinski definition) is 0. The van der Waals surface area contributed by atoms with Crippen molar-refractivity contribution in [2.45, 2.75) is 30.7 Å². The van der Waals surface area contributed by atoms with Gasteiger partial charge in [-0.2, -0.15) is 0 Å². The molecule has 1 unspecified atom stereocenters. The molecule has 114 valence electrons. The summed E-state index contributed by atoms with van der Waals surface area (Å²) < 4.78 is 27.8. The molecule has 4 heteroatoms. The molecule has 3 rings (SSSR count). The Bertz CT molecular complexity index is 824. The number of para-hydroxylation sites is 1. The van der Waals surface area contributed by atoms with Gasteiger partial charge in [0.15, 0.2) is 0 Å². The second-order valence-corrected chi connectivity index (χ2v) is 7.74. The summed E-state index contributed by atoms with van der Waals surface area (Å²) in [4.78, 5) is 0.308. The standard InChI is InChI=1S/C18H19NO2S/c1-4-18(3)13-15-7-5-6-8-17(15)19(18)22(20,21)16-11-9-14(2)10-12-16/h4-12H,1,13H2,2-3H3. The maximum Gasteiger partial charge on any atom is 0.265 e. The summed E-state index contributed by atoms with van der Waals surface area (Å²) >= 11 is 0. The highest BCUT2D eigenvalue weighted by atomic mass is 32.2. The second kappa shape index (κ2) is 4.99. The second-order valence-electron chi connectivity index (χ2n) is 5.95. The Morgan fingerprint density at radius 1 is 1.14 bits per heavy atom. The van der Waals surface area contributed by atoms with Crippen LogP contribution < -0.4 is 4.31 Å². The molecular weight excluding hydrogens is 294 g/mol. The van der Waals surface area contributed by atoms with Crippen LogP contribution in [0.2, 0.25) is 0 Å². The summed E-state index contributed by atoms with van der Waals surface area (Å²) in [6, 6.07) is 14.6. The van der Waals surface area contributed by atoms with Gasteiger partial charge < -0.3 is 0 Å². The quantitative estimate of drug-likeness (QED) is 0.810. The third kappa shape index (κ3) is 2.15. The average molecular weight is 313 g/mol. The topological polar surface area (TPSA) is 37.4 Å². The van der Waals surface area contributed by atoms with Gasteiger partial charge in [-0.3, -0.25) is 4.31 Å². The minimum absolute atomic E-state index is 0.308. The SMILES string of the molecule is C=CC1(C)Cc2ccccc2N1S(=O)(=O)c1ccc(C)cc1. The average Bonchev–Trinajstić information content (AvgIpc) is 2.81. The number of hydrogen-bond acceptors (Lipinski definition) is 2. The van der Waals surface area contributed by atoms with Gasteiger partial charge in [-0.25, -0.2) is 8.42 Å². The van der Waals surface area contributed by atoms with E-state index in [4.69, 9.17) is 0 Å². The summed E-state index contributed by atoms with van der Waals surface area (Å²) in [5.74, 6) is 0. The summed E-state index contributed by atoms with van der Waals surface area (Å²) in [5.41, 5.74) is 2.16. The van der Waals surface area contributed by atoms with E-state index in [1.165, 1.54) is 4.31 Å². The van der Waals surface area contributed by atoms with E-state index in [0.29, 0.717) is 11.3 Å². The van der Waals surface area contributed by atoms with Crippen molar-refractivity contribution in [1.82, 2.24) is 0 Å². The highest BCUT2D eigenvalue weighted by Crippen LogP contribution is 2.43. The molecule has 0 spiro atoms. The third-order valence-corrected chi connectivity index (χ3v) is 6.18. The molecular formula is C18H19NO2S. The first-order valence-electron chi connectivity index (χ1n) is 7.22. The molecule has 2 aromatic carbocycles. The number of rotatable bonds is 3. The Balaban J connectivity index is 2.19. The lowest BCUT2D eigenvalue weighted by Crippen LogP contribution is -2.46. The fraction of sp³-hybridized carbons (Fsp3) is 0.222. The Labute approximate surface area is 132 Å². The lowest BCUT2D eigenvalue weighted by molar-refractivity contribution is 0.556. The van der Waals surface area contributed by atoms with Gasteiger partial charge in [0.05, 0.1) is 16.1 Å². The van der Waals surface area contributed by atoms with E-state index in [-0.39, 0.29) is 0 Å². The zero-order chi connectivity index (χ0) is 16.0. The molecule has 22 heavy (non-hydrogen) atoms. The fourth-order valence-corrected chi connectivity index (χ4v) is 4.78. The van der Waals surface area contributed by atoms with Crippen LogP contribution in [-0.2, 0) is 16.4 Å². The minimum atomic E-state index is -3.63. The monoisotopic (exact) mass is 313 g/mol. The molecule has 2 aromatic rings. The van der Waals surface area contributed by atoms with E-state index in [1.807, 2.05) is 50.2 Å². The Morgan fingerprint density at radius 2 is 1.77 bits per heavy atom. The van der Waals surface area contributed by atoms with E-state index < -0.39 is 15.6 Å². The number of benzene rings is 2. The molecule has 0 bridgehead atoms. The lowest BCUT2D eigenvalue weighted by Gasteiger charge is -2.33. The van der Waals surface area contributed by atoms with Gasteiger partial charge in [-0.05, 0) is 37.6 Å². The predicted molar refractivity (Wildman–Crippen MR) is 89.6 cm³/mol. The van der Waals surface area contributed by atoms with E-state index in [0.717, 1.165) is 16.8 Å². The largest absolute Gasteiger partial charge is 0.265 e. The lowest BCUT2D eigenvalue weighted by atomic mass is 9.98. The molecule has 0 radical (unpaired) electrons. The van der Waals surface area contributed by atoms with Crippen LogP contribution >= 0.6 is 0 Å². The summed E-state index contributed by atoms with van der Waals surface area (Å²) in [6.45, 7) is 7.71. The summed E-state index contributed by atoms with van der Waals surface area (Å²) in [5, 5.41) is 0. The molecule has 0 saturated heterocycles. The summed E-state index contributed by atoms with van der Waals surface area (Å²) in [6.07, 6.45) is 2.36. The van der Waals surface area contributed by atoms with Crippen LogP contribution in [0.15, 0.2) is 66.1 Å². The molecule has 1 heterocycles. The van der Waals surface area contributed by atoms with E-state index in [2.05, 4.69) is 6.58 Å². The van der Waals surface area contributed by atoms with Gasteiger partial charge in [0, 0.05) is 6.42 Å². The van der Waals surface area contributed by atoms with Gasteiger partial charge in [0.2, 0.25) is 0 Å².